The Bertz CT molecular complexity index is 499. The molecule has 17 heavy (non-hydrogen) atoms. The highest BCUT2D eigenvalue weighted by molar-refractivity contribution is 9.10. The second kappa shape index (κ2) is 4.92. The Morgan fingerprint density at radius 1 is 1.29 bits per heavy atom. The topological polar surface area (TPSA) is 20.2 Å². The first-order valence-electron chi connectivity index (χ1n) is 5.50. The fraction of sp³-hybridized carbons (Fsp3) is 0.286. The van der Waals surface area contributed by atoms with Crippen LogP contribution in [0.4, 0.5) is 0 Å². The van der Waals surface area contributed by atoms with Crippen molar-refractivity contribution in [1.29, 1.82) is 0 Å². The molecule has 0 bridgehead atoms. The number of aryl methyl sites for hydroxylation is 1. The third kappa shape index (κ3) is 3.18. The van der Waals surface area contributed by atoms with Gasteiger partial charge in [-0.1, -0.05) is 28.1 Å². The summed E-state index contributed by atoms with van der Waals surface area (Å²) in [5.74, 6) is 0. The SMILES string of the molecule is Cc1cc(C(C)(O)Cc2ccc(Br)cc2)cs1. The number of halogens is 1. The van der Waals surface area contributed by atoms with E-state index in [0.29, 0.717) is 6.42 Å². The summed E-state index contributed by atoms with van der Waals surface area (Å²) >= 11 is 5.09. The van der Waals surface area contributed by atoms with E-state index < -0.39 is 5.60 Å². The van der Waals surface area contributed by atoms with Crippen molar-refractivity contribution in [2.75, 3.05) is 0 Å². The van der Waals surface area contributed by atoms with Gasteiger partial charge >= 0.3 is 0 Å². The highest BCUT2D eigenvalue weighted by Gasteiger charge is 2.24. The van der Waals surface area contributed by atoms with Gasteiger partial charge in [-0.15, -0.1) is 11.3 Å². The molecule has 2 aromatic rings. The Kier molecular flexibility index (Phi) is 3.71. The predicted molar refractivity (Wildman–Crippen MR) is 76.5 cm³/mol. The van der Waals surface area contributed by atoms with Gasteiger partial charge in [0.15, 0.2) is 0 Å². The largest absolute Gasteiger partial charge is 0.385 e. The lowest BCUT2D eigenvalue weighted by atomic mass is 9.91. The van der Waals surface area contributed by atoms with Crippen LogP contribution in [-0.2, 0) is 12.0 Å². The molecule has 0 saturated carbocycles. The second-order valence-electron chi connectivity index (χ2n) is 4.52. The fourth-order valence-corrected chi connectivity index (χ4v) is 2.92. The van der Waals surface area contributed by atoms with E-state index in [1.54, 1.807) is 11.3 Å². The normalized spacial score (nSPS) is 14.6. The Morgan fingerprint density at radius 2 is 1.94 bits per heavy atom. The van der Waals surface area contributed by atoms with Crippen molar-refractivity contribution in [1.82, 2.24) is 0 Å². The Labute approximate surface area is 114 Å². The molecular weight excluding hydrogens is 296 g/mol. The van der Waals surface area contributed by atoms with Crippen LogP contribution in [0.15, 0.2) is 40.2 Å². The van der Waals surface area contributed by atoms with Crippen molar-refractivity contribution in [2.45, 2.75) is 25.9 Å². The van der Waals surface area contributed by atoms with E-state index in [4.69, 9.17) is 0 Å². The van der Waals surface area contributed by atoms with Gasteiger partial charge in [0, 0.05) is 15.8 Å². The van der Waals surface area contributed by atoms with Gasteiger partial charge in [0.05, 0.1) is 5.60 Å². The second-order valence-corrected chi connectivity index (χ2v) is 6.55. The van der Waals surface area contributed by atoms with Gasteiger partial charge in [-0.2, -0.15) is 0 Å². The van der Waals surface area contributed by atoms with Gasteiger partial charge in [0.1, 0.15) is 0 Å². The van der Waals surface area contributed by atoms with E-state index in [-0.39, 0.29) is 0 Å². The van der Waals surface area contributed by atoms with E-state index >= 15 is 0 Å². The molecule has 0 fully saturated rings. The quantitative estimate of drug-likeness (QED) is 0.897. The molecule has 1 atom stereocenters. The lowest BCUT2D eigenvalue weighted by Gasteiger charge is -2.22. The first-order chi connectivity index (χ1) is 7.97. The minimum Gasteiger partial charge on any atom is -0.385 e. The van der Waals surface area contributed by atoms with Gasteiger partial charge in [-0.25, -0.2) is 0 Å². The number of rotatable bonds is 3. The van der Waals surface area contributed by atoms with Crippen LogP contribution in [0.5, 0.6) is 0 Å². The first kappa shape index (κ1) is 12.8. The van der Waals surface area contributed by atoms with Gasteiger partial charge < -0.3 is 5.11 Å². The zero-order valence-corrected chi connectivity index (χ0v) is 12.3. The highest BCUT2D eigenvalue weighted by atomic mass is 79.9. The molecule has 0 radical (unpaired) electrons. The molecule has 0 aliphatic rings. The van der Waals surface area contributed by atoms with Crippen molar-refractivity contribution in [3.05, 3.63) is 56.2 Å². The van der Waals surface area contributed by atoms with E-state index in [0.717, 1.165) is 15.6 Å². The van der Waals surface area contributed by atoms with Crippen LogP contribution in [0, 0.1) is 6.92 Å². The minimum atomic E-state index is -0.793. The Hall–Kier alpha value is -0.640. The zero-order valence-electron chi connectivity index (χ0n) is 9.90. The third-order valence-corrected chi connectivity index (χ3v) is 4.20. The zero-order chi connectivity index (χ0) is 12.5. The molecule has 0 spiro atoms. The van der Waals surface area contributed by atoms with E-state index in [1.165, 1.54) is 4.88 Å². The number of benzene rings is 1. The van der Waals surface area contributed by atoms with Gasteiger partial charge in [0.2, 0.25) is 0 Å². The highest BCUT2D eigenvalue weighted by Crippen LogP contribution is 2.29. The molecule has 1 aromatic carbocycles. The molecular formula is C14H15BrOS. The molecule has 0 aliphatic heterocycles. The average molecular weight is 311 g/mol. The summed E-state index contributed by atoms with van der Waals surface area (Å²) in [6.45, 7) is 3.93. The van der Waals surface area contributed by atoms with Crippen molar-refractivity contribution in [3.63, 3.8) is 0 Å². The summed E-state index contributed by atoms with van der Waals surface area (Å²) in [7, 11) is 0. The molecule has 3 heteroatoms. The number of thiophene rings is 1. The first-order valence-corrected chi connectivity index (χ1v) is 7.17. The summed E-state index contributed by atoms with van der Waals surface area (Å²) in [4.78, 5) is 1.23. The molecule has 1 aromatic heterocycles. The molecule has 1 nitrogen and oxygen atoms in total. The molecule has 90 valence electrons. The Morgan fingerprint density at radius 3 is 2.47 bits per heavy atom. The number of hydrogen-bond donors (Lipinski definition) is 1. The Balaban J connectivity index is 2.19. The molecule has 1 unspecified atom stereocenters. The minimum absolute atomic E-state index is 0.635. The van der Waals surface area contributed by atoms with Crippen molar-refractivity contribution in [2.24, 2.45) is 0 Å². The molecule has 1 heterocycles. The van der Waals surface area contributed by atoms with Gasteiger partial charge in [0.25, 0.3) is 0 Å². The predicted octanol–water partition coefficient (Wildman–Crippen LogP) is 4.27. The third-order valence-electron chi connectivity index (χ3n) is 2.81. The molecule has 0 aliphatic carbocycles. The number of aliphatic hydroxyl groups is 1. The van der Waals surface area contributed by atoms with Crippen LogP contribution in [0.1, 0.15) is 22.9 Å². The van der Waals surface area contributed by atoms with Crippen molar-refractivity contribution < 1.29 is 5.11 Å². The van der Waals surface area contributed by atoms with Crippen LogP contribution in [0.25, 0.3) is 0 Å². The molecule has 0 amide bonds. The lowest BCUT2D eigenvalue weighted by molar-refractivity contribution is 0.0580. The summed E-state index contributed by atoms with van der Waals surface area (Å²) in [5.41, 5.74) is 1.35. The van der Waals surface area contributed by atoms with Gasteiger partial charge in [-0.05, 0) is 48.6 Å². The van der Waals surface area contributed by atoms with Crippen LogP contribution < -0.4 is 0 Å². The van der Waals surface area contributed by atoms with Gasteiger partial charge in [-0.3, -0.25) is 0 Å². The van der Waals surface area contributed by atoms with Crippen molar-refractivity contribution >= 4 is 27.3 Å². The van der Waals surface area contributed by atoms with Crippen molar-refractivity contribution in [3.8, 4) is 0 Å². The van der Waals surface area contributed by atoms with Crippen LogP contribution in [0.2, 0.25) is 0 Å². The standard InChI is InChI=1S/C14H15BrOS/c1-10-7-12(9-17-10)14(2,16)8-11-3-5-13(15)6-4-11/h3-7,9,16H,8H2,1-2H3. The fourth-order valence-electron chi connectivity index (χ4n) is 1.83. The lowest BCUT2D eigenvalue weighted by Crippen LogP contribution is -2.23. The van der Waals surface area contributed by atoms with E-state index in [9.17, 15) is 5.11 Å². The molecule has 0 saturated heterocycles. The monoisotopic (exact) mass is 310 g/mol. The summed E-state index contributed by atoms with van der Waals surface area (Å²) in [6, 6.07) is 10.1. The van der Waals surface area contributed by atoms with Crippen LogP contribution in [0.3, 0.4) is 0 Å². The smallest absolute Gasteiger partial charge is 0.0916 e. The average Bonchev–Trinajstić information content (AvgIpc) is 2.69. The summed E-state index contributed by atoms with van der Waals surface area (Å²) < 4.78 is 1.06. The summed E-state index contributed by atoms with van der Waals surface area (Å²) in [5, 5.41) is 12.6. The molecule has 1 N–H and O–H groups in total. The maximum absolute atomic E-state index is 10.5. The van der Waals surface area contributed by atoms with Crippen LogP contribution >= 0.6 is 27.3 Å². The number of hydrogen-bond acceptors (Lipinski definition) is 2. The van der Waals surface area contributed by atoms with Crippen LogP contribution in [-0.4, -0.2) is 5.11 Å². The molecule has 2 rings (SSSR count). The maximum atomic E-state index is 10.5. The van der Waals surface area contributed by atoms with E-state index in [1.807, 2.05) is 36.6 Å². The maximum Gasteiger partial charge on any atom is 0.0916 e. The van der Waals surface area contributed by atoms with E-state index in [2.05, 4.69) is 28.9 Å². The summed E-state index contributed by atoms with van der Waals surface area (Å²) in [6.07, 6.45) is 0.635.